The third-order valence-electron chi connectivity index (χ3n) is 1.16. The third kappa shape index (κ3) is 1.35. The minimum absolute atomic E-state index is 0.161. The zero-order chi connectivity index (χ0) is 8.27. The van der Waals surface area contributed by atoms with E-state index in [-0.39, 0.29) is 5.95 Å². The summed E-state index contributed by atoms with van der Waals surface area (Å²) in [6, 6.07) is 1.93. The third-order valence-corrected chi connectivity index (χ3v) is 1.16. The van der Waals surface area contributed by atoms with Crippen LogP contribution in [0.5, 0.6) is 0 Å². The molecule has 0 saturated heterocycles. The number of nitrogens with zero attached hydrogens (tertiary/aromatic N) is 3. The molecule has 1 rings (SSSR count). The number of aromatic nitrogens is 2. The highest BCUT2D eigenvalue weighted by atomic mass is 15.1. The highest BCUT2D eigenvalue weighted by molar-refractivity contribution is 5.51. The molecule has 0 radical (unpaired) electrons. The minimum atomic E-state index is 0.161. The molecule has 0 fully saturated rings. The van der Waals surface area contributed by atoms with E-state index in [4.69, 9.17) is 11.0 Å². The van der Waals surface area contributed by atoms with E-state index >= 15 is 0 Å². The van der Waals surface area contributed by atoms with Gasteiger partial charge in [0, 0.05) is 7.05 Å². The van der Waals surface area contributed by atoms with E-state index in [1.165, 1.54) is 6.20 Å². The number of hydrogen-bond donors (Lipinski definition) is 2. The summed E-state index contributed by atoms with van der Waals surface area (Å²) in [5.41, 5.74) is 5.68. The molecule has 0 unspecified atom stereocenters. The zero-order valence-corrected chi connectivity index (χ0v) is 6.00. The van der Waals surface area contributed by atoms with Crippen molar-refractivity contribution in [2.75, 3.05) is 18.1 Å². The first-order chi connectivity index (χ1) is 5.27. The number of nitrogen functional groups attached to an aromatic ring is 1. The van der Waals surface area contributed by atoms with Crippen molar-refractivity contribution in [3.05, 3.63) is 11.8 Å². The first-order valence-electron chi connectivity index (χ1n) is 2.98. The summed E-state index contributed by atoms with van der Waals surface area (Å²) < 4.78 is 0. The van der Waals surface area contributed by atoms with Crippen molar-refractivity contribution in [1.82, 2.24) is 9.97 Å². The first-order valence-corrected chi connectivity index (χ1v) is 2.98. The lowest BCUT2D eigenvalue weighted by atomic mass is 10.3. The predicted molar refractivity (Wildman–Crippen MR) is 40.7 cm³/mol. The van der Waals surface area contributed by atoms with Gasteiger partial charge < -0.3 is 11.1 Å². The van der Waals surface area contributed by atoms with E-state index in [0.717, 1.165) is 0 Å². The van der Waals surface area contributed by atoms with E-state index < -0.39 is 0 Å². The van der Waals surface area contributed by atoms with Crippen LogP contribution < -0.4 is 11.1 Å². The van der Waals surface area contributed by atoms with Gasteiger partial charge in [-0.2, -0.15) is 10.2 Å². The van der Waals surface area contributed by atoms with Gasteiger partial charge in [-0.15, -0.1) is 0 Å². The zero-order valence-electron chi connectivity index (χ0n) is 6.00. The van der Waals surface area contributed by atoms with Gasteiger partial charge in [0.25, 0.3) is 0 Å². The Morgan fingerprint density at radius 3 is 3.00 bits per heavy atom. The van der Waals surface area contributed by atoms with E-state index in [1.54, 1.807) is 7.05 Å². The van der Waals surface area contributed by atoms with Gasteiger partial charge in [-0.3, -0.25) is 0 Å². The summed E-state index contributed by atoms with van der Waals surface area (Å²) in [5.74, 6) is 0.619. The minimum Gasteiger partial charge on any atom is -0.372 e. The quantitative estimate of drug-likeness (QED) is 0.585. The molecule has 1 aromatic rings. The molecule has 0 aliphatic heterocycles. The Hall–Kier alpha value is -1.83. The molecule has 0 amide bonds. The molecular weight excluding hydrogens is 142 g/mol. The molecule has 11 heavy (non-hydrogen) atoms. The van der Waals surface area contributed by atoms with Crippen molar-refractivity contribution in [2.45, 2.75) is 0 Å². The van der Waals surface area contributed by atoms with Crippen LogP contribution in [0.15, 0.2) is 6.20 Å². The van der Waals surface area contributed by atoms with E-state index in [9.17, 15) is 0 Å². The summed E-state index contributed by atoms with van der Waals surface area (Å²) in [6.07, 6.45) is 1.38. The normalized spacial score (nSPS) is 8.73. The van der Waals surface area contributed by atoms with Crippen molar-refractivity contribution in [3.8, 4) is 6.07 Å². The Labute approximate surface area is 63.9 Å². The van der Waals surface area contributed by atoms with Crippen LogP contribution in [0.25, 0.3) is 0 Å². The summed E-state index contributed by atoms with van der Waals surface area (Å²) in [6.45, 7) is 0. The summed E-state index contributed by atoms with van der Waals surface area (Å²) in [5, 5.41) is 11.3. The second-order valence-corrected chi connectivity index (χ2v) is 1.85. The van der Waals surface area contributed by atoms with Crippen LogP contribution in [0, 0.1) is 11.3 Å². The summed E-state index contributed by atoms with van der Waals surface area (Å²) in [4.78, 5) is 7.46. The lowest BCUT2D eigenvalue weighted by molar-refractivity contribution is 1.16. The van der Waals surface area contributed by atoms with Crippen LogP contribution >= 0.6 is 0 Å². The molecule has 56 valence electrons. The van der Waals surface area contributed by atoms with Gasteiger partial charge in [-0.05, 0) is 0 Å². The van der Waals surface area contributed by atoms with Crippen LogP contribution in [0.3, 0.4) is 0 Å². The topological polar surface area (TPSA) is 87.6 Å². The van der Waals surface area contributed by atoms with E-state index in [2.05, 4.69) is 15.3 Å². The Morgan fingerprint density at radius 1 is 1.73 bits per heavy atom. The summed E-state index contributed by atoms with van der Waals surface area (Å²) in [7, 11) is 1.67. The number of hydrogen-bond acceptors (Lipinski definition) is 5. The van der Waals surface area contributed by atoms with Crippen molar-refractivity contribution in [3.63, 3.8) is 0 Å². The molecule has 0 bridgehead atoms. The van der Waals surface area contributed by atoms with Crippen LogP contribution in [0.1, 0.15) is 5.56 Å². The molecule has 5 nitrogen and oxygen atoms in total. The standard InChI is InChI=1S/C6H7N5/c1-9-5-4(2-7)3-10-6(8)11-5/h3H,1H3,(H3,8,9,10,11). The maximum atomic E-state index is 8.53. The van der Waals surface area contributed by atoms with Gasteiger partial charge in [0.05, 0.1) is 6.20 Å². The molecule has 5 heteroatoms. The highest BCUT2D eigenvalue weighted by Gasteiger charge is 2.01. The van der Waals surface area contributed by atoms with E-state index in [1.807, 2.05) is 6.07 Å². The predicted octanol–water partition coefficient (Wildman–Crippen LogP) is -0.0278. The molecule has 0 aliphatic carbocycles. The Kier molecular flexibility index (Phi) is 1.88. The fraction of sp³-hybridized carbons (Fsp3) is 0.167. The first kappa shape index (κ1) is 7.28. The largest absolute Gasteiger partial charge is 0.372 e. The molecule has 0 aliphatic rings. The lowest BCUT2D eigenvalue weighted by Gasteiger charge is -2.00. The van der Waals surface area contributed by atoms with Crippen LogP contribution in [-0.2, 0) is 0 Å². The van der Waals surface area contributed by atoms with Crippen LogP contribution in [-0.4, -0.2) is 17.0 Å². The Bertz CT molecular complexity index is 300. The highest BCUT2D eigenvalue weighted by Crippen LogP contribution is 2.09. The van der Waals surface area contributed by atoms with Gasteiger partial charge >= 0.3 is 0 Å². The molecule has 0 aromatic carbocycles. The van der Waals surface area contributed by atoms with Crippen LogP contribution in [0.2, 0.25) is 0 Å². The van der Waals surface area contributed by atoms with Crippen LogP contribution in [0.4, 0.5) is 11.8 Å². The Morgan fingerprint density at radius 2 is 2.45 bits per heavy atom. The van der Waals surface area contributed by atoms with Gasteiger partial charge in [0.15, 0.2) is 0 Å². The molecule has 3 N–H and O–H groups in total. The second kappa shape index (κ2) is 2.84. The maximum absolute atomic E-state index is 8.53. The Balaban J connectivity index is 3.19. The number of nitriles is 1. The van der Waals surface area contributed by atoms with Crippen molar-refractivity contribution in [2.24, 2.45) is 0 Å². The average Bonchev–Trinajstić information content (AvgIpc) is 2.04. The van der Waals surface area contributed by atoms with Crippen molar-refractivity contribution >= 4 is 11.8 Å². The fourth-order valence-corrected chi connectivity index (χ4v) is 0.668. The number of nitrogens with one attached hydrogen (secondary N) is 1. The molecule has 1 aromatic heterocycles. The SMILES string of the molecule is CNc1nc(N)ncc1C#N. The number of anilines is 2. The smallest absolute Gasteiger partial charge is 0.222 e. The fourth-order valence-electron chi connectivity index (χ4n) is 0.668. The van der Waals surface area contributed by atoms with E-state index in [0.29, 0.717) is 11.4 Å². The van der Waals surface area contributed by atoms with Gasteiger partial charge in [-0.1, -0.05) is 0 Å². The van der Waals surface area contributed by atoms with Crippen molar-refractivity contribution < 1.29 is 0 Å². The molecule has 0 saturated carbocycles. The average molecular weight is 149 g/mol. The lowest BCUT2D eigenvalue weighted by Crippen LogP contribution is -2.01. The van der Waals surface area contributed by atoms with Gasteiger partial charge in [0.2, 0.25) is 5.95 Å². The monoisotopic (exact) mass is 149 g/mol. The van der Waals surface area contributed by atoms with Gasteiger partial charge in [0.1, 0.15) is 17.5 Å². The van der Waals surface area contributed by atoms with Gasteiger partial charge in [-0.25, -0.2) is 4.98 Å². The molecular formula is C6H7N5. The molecule has 0 atom stereocenters. The maximum Gasteiger partial charge on any atom is 0.222 e. The van der Waals surface area contributed by atoms with Crippen molar-refractivity contribution in [1.29, 1.82) is 5.26 Å². The molecule has 1 heterocycles. The molecule has 0 spiro atoms. The second-order valence-electron chi connectivity index (χ2n) is 1.85. The summed E-state index contributed by atoms with van der Waals surface area (Å²) >= 11 is 0. The number of nitrogens with two attached hydrogens (primary N) is 1. The number of rotatable bonds is 1.